The average Bonchev–Trinajstić information content (AvgIpc) is 3.38. The van der Waals surface area contributed by atoms with Crippen LogP contribution in [0.15, 0.2) is 59.6 Å². The van der Waals surface area contributed by atoms with Gasteiger partial charge in [-0.2, -0.15) is 0 Å². The van der Waals surface area contributed by atoms with Crippen molar-refractivity contribution in [2.75, 3.05) is 13.6 Å². The molecule has 0 aliphatic heterocycles. The first-order valence-corrected chi connectivity index (χ1v) is 7.96. The van der Waals surface area contributed by atoms with Crippen LogP contribution < -0.4 is 10.6 Å². The van der Waals surface area contributed by atoms with Crippen LogP contribution in [-0.4, -0.2) is 19.6 Å². The Hall–Kier alpha value is -2.36. The summed E-state index contributed by atoms with van der Waals surface area (Å²) < 4.78 is 13.1. The Balaban J connectivity index is 1.55. The average molecular weight is 311 g/mol. The summed E-state index contributed by atoms with van der Waals surface area (Å²) in [6.07, 6.45) is 2.25. The maximum atomic E-state index is 13.1. The molecule has 1 aliphatic carbocycles. The molecule has 120 valence electrons. The van der Waals surface area contributed by atoms with Crippen molar-refractivity contribution in [3.8, 4) is 0 Å². The molecule has 3 rings (SSSR count). The van der Waals surface area contributed by atoms with Gasteiger partial charge in [-0.3, -0.25) is 4.99 Å². The number of halogens is 1. The summed E-state index contributed by atoms with van der Waals surface area (Å²) in [4.78, 5) is 4.28. The van der Waals surface area contributed by atoms with Crippen molar-refractivity contribution >= 4 is 5.96 Å². The molecule has 0 heterocycles. The van der Waals surface area contributed by atoms with E-state index in [0.29, 0.717) is 0 Å². The zero-order chi connectivity index (χ0) is 16.1. The molecule has 1 fully saturated rings. The zero-order valence-corrected chi connectivity index (χ0v) is 13.3. The Bertz CT molecular complexity index is 661. The van der Waals surface area contributed by atoms with Gasteiger partial charge in [0, 0.05) is 25.6 Å². The number of hydrogen-bond acceptors (Lipinski definition) is 1. The highest BCUT2D eigenvalue weighted by Gasteiger charge is 2.44. The predicted molar refractivity (Wildman–Crippen MR) is 92.0 cm³/mol. The van der Waals surface area contributed by atoms with Crippen LogP contribution in [0.1, 0.15) is 24.0 Å². The molecule has 0 unspecified atom stereocenters. The highest BCUT2D eigenvalue weighted by molar-refractivity contribution is 5.79. The number of nitrogens with one attached hydrogen (secondary N) is 2. The lowest BCUT2D eigenvalue weighted by Gasteiger charge is -2.19. The van der Waals surface area contributed by atoms with E-state index in [1.807, 2.05) is 30.3 Å². The van der Waals surface area contributed by atoms with Crippen molar-refractivity contribution < 1.29 is 4.39 Å². The Kier molecular flexibility index (Phi) is 4.60. The molecule has 2 aromatic carbocycles. The van der Waals surface area contributed by atoms with E-state index in [9.17, 15) is 4.39 Å². The van der Waals surface area contributed by atoms with Gasteiger partial charge < -0.3 is 10.6 Å². The number of nitrogens with zero attached hydrogens (tertiary/aromatic N) is 1. The normalized spacial score (nSPS) is 16.0. The number of rotatable bonds is 5. The fraction of sp³-hybridized carbons (Fsp3) is 0.316. The van der Waals surface area contributed by atoms with Crippen LogP contribution in [0.5, 0.6) is 0 Å². The number of hydrogen-bond donors (Lipinski definition) is 2. The van der Waals surface area contributed by atoms with Gasteiger partial charge in [0.2, 0.25) is 0 Å². The van der Waals surface area contributed by atoms with E-state index in [0.717, 1.165) is 31.9 Å². The molecule has 0 bridgehead atoms. The van der Waals surface area contributed by atoms with Crippen molar-refractivity contribution in [2.24, 2.45) is 4.99 Å². The van der Waals surface area contributed by atoms with E-state index in [2.05, 4.69) is 27.8 Å². The first-order valence-electron chi connectivity index (χ1n) is 7.96. The summed E-state index contributed by atoms with van der Waals surface area (Å²) in [7, 11) is 1.78. The number of benzene rings is 2. The summed E-state index contributed by atoms with van der Waals surface area (Å²) in [5.41, 5.74) is 2.54. The van der Waals surface area contributed by atoms with Crippen molar-refractivity contribution in [1.29, 1.82) is 0 Å². The van der Waals surface area contributed by atoms with Gasteiger partial charge in [0.05, 0.1) is 0 Å². The maximum absolute atomic E-state index is 13.1. The quantitative estimate of drug-likeness (QED) is 0.657. The third-order valence-corrected chi connectivity index (χ3v) is 4.43. The molecule has 0 saturated heterocycles. The van der Waals surface area contributed by atoms with Gasteiger partial charge in [0.15, 0.2) is 5.96 Å². The van der Waals surface area contributed by atoms with Gasteiger partial charge in [0.1, 0.15) is 5.82 Å². The molecule has 1 saturated carbocycles. The molecular weight excluding hydrogens is 289 g/mol. The third-order valence-electron chi connectivity index (χ3n) is 4.43. The minimum Gasteiger partial charge on any atom is -0.356 e. The van der Waals surface area contributed by atoms with Crippen LogP contribution >= 0.6 is 0 Å². The Morgan fingerprint density at radius 1 is 1.04 bits per heavy atom. The predicted octanol–water partition coefficient (Wildman–Crippen LogP) is 3.22. The second-order valence-electron chi connectivity index (χ2n) is 6.05. The first-order chi connectivity index (χ1) is 11.2. The van der Waals surface area contributed by atoms with Crippen molar-refractivity contribution in [3.05, 3.63) is 71.5 Å². The highest BCUT2D eigenvalue weighted by Crippen LogP contribution is 2.47. The summed E-state index contributed by atoms with van der Waals surface area (Å²) in [5, 5.41) is 6.73. The van der Waals surface area contributed by atoms with Crippen LogP contribution in [0.25, 0.3) is 0 Å². The lowest BCUT2D eigenvalue weighted by Crippen LogP contribution is -2.40. The molecule has 3 nitrogen and oxygen atoms in total. The van der Waals surface area contributed by atoms with E-state index < -0.39 is 0 Å². The lowest BCUT2D eigenvalue weighted by molar-refractivity contribution is 0.617. The van der Waals surface area contributed by atoms with Gasteiger partial charge in [-0.25, -0.2) is 4.39 Å². The number of aliphatic imine (C=N–C) groups is 1. The molecule has 0 radical (unpaired) electrons. The summed E-state index contributed by atoms with van der Waals surface area (Å²) >= 11 is 0. The molecule has 2 N–H and O–H groups in total. The van der Waals surface area contributed by atoms with Crippen molar-refractivity contribution in [2.45, 2.75) is 24.8 Å². The third kappa shape index (κ3) is 3.89. The molecule has 23 heavy (non-hydrogen) atoms. The van der Waals surface area contributed by atoms with Gasteiger partial charge >= 0.3 is 0 Å². The van der Waals surface area contributed by atoms with Gasteiger partial charge in [-0.1, -0.05) is 42.5 Å². The van der Waals surface area contributed by atoms with E-state index in [1.54, 1.807) is 7.05 Å². The van der Waals surface area contributed by atoms with Crippen molar-refractivity contribution in [1.82, 2.24) is 10.6 Å². The van der Waals surface area contributed by atoms with E-state index in [4.69, 9.17) is 0 Å². The van der Waals surface area contributed by atoms with Gasteiger partial charge in [0.25, 0.3) is 0 Å². The SMILES string of the molecule is CN=C(NCc1ccccc1)NCC1(c2ccc(F)cc2)CC1. The smallest absolute Gasteiger partial charge is 0.191 e. The summed E-state index contributed by atoms with van der Waals surface area (Å²) in [5.74, 6) is 0.611. The molecule has 4 heteroatoms. The lowest BCUT2D eigenvalue weighted by atomic mass is 9.96. The molecule has 0 atom stereocenters. The van der Waals surface area contributed by atoms with Gasteiger partial charge in [-0.15, -0.1) is 0 Å². The zero-order valence-electron chi connectivity index (χ0n) is 13.3. The Morgan fingerprint density at radius 2 is 1.74 bits per heavy atom. The molecule has 2 aromatic rings. The van der Waals surface area contributed by atoms with Crippen LogP contribution in [0.4, 0.5) is 4.39 Å². The fourth-order valence-electron chi connectivity index (χ4n) is 2.78. The maximum Gasteiger partial charge on any atom is 0.191 e. The second-order valence-corrected chi connectivity index (χ2v) is 6.05. The number of guanidine groups is 1. The molecule has 1 aliphatic rings. The largest absolute Gasteiger partial charge is 0.356 e. The molecule has 0 amide bonds. The van der Waals surface area contributed by atoms with E-state index >= 15 is 0 Å². The Morgan fingerprint density at radius 3 is 2.35 bits per heavy atom. The standard InChI is InChI=1S/C19H22FN3/c1-21-18(22-13-15-5-3-2-4-6-15)23-14-19(11-12-19)16-7-9-17(20)10-8-16/h2-10H,11-14H2,1H3,(H2,21,22,23). The fourth-order valence-corrected chi connectivity index (χ4v) is 2.78. The summed E-state index contributed by atoms with van der Waals surface area (Å²) in [6.45, 7) is 1.55. The van der Waals surface area contributed by atoms with Gasteiger partial charge in [-0.05, 0) is 36.1 Å². The topological polar surface area (TPSA) is 36.4 Å². The monoisotopic (exact) mass is 311 g/mol. The van der Waals surface area contributed by atoms with Crippen LogP contribution in [-0.2, 0) is 12.0 Å². The summed E-state index contributed by atoms with van der Waals surface area (Å²) in [6, 6.07) is 17.1. The van der Waals surface area contributed by atoms with Crippen LogP contribution in [0, 0.1) is 5.82 Å². The highest BCUT2D eigenvalue weighted by atomic mass is 19.1. The first kappa shape index (κ1) is 15.5. The van der Waals surface area contributed by atoms with E-state index in [-0.39, 0.29) is 11.2 Å². The minimum atomic E-state index is -0.183. The van der Waals surface area contributed by atoms with E-state index in [1.165, 1.54) is 23.3 Å². The minimum absolute atomic E-state index is 0.123. The second kappa shape index (κ2) is 6.82. The molecular formula is C19H22FN3. The molecule has 0 aromatic heterocycles. The molecule has 0 spiro atoms. The van der Waals surface area contributed by atoms with Crippen LogP contribution in [0.3, 0.4) is 0 Å². The van der Waals surface area contributed by atoms with Crippen molar-refractivity contribution in [3.63, 3.8) is 0 Å². The van der Waals surface area contributed by atoms with Crippen LogP contribution in [0.2, 0.25) is 0 Å². The Labute approximate surface area is 136 Å².